The molecule has 0 N–H and O–H groups in total. The number of anilines is 1. The van der Waals surface area contributed by atoms with Gasteiger partial charge in [0.15, 0.2) is 5.58 Å². The third kappa shape index (κ3) is 2.50. The summed E-state index contributed by atoms with van der Waals surface area (Å²) in [4.78, 5) is 18.4. The third-order valence-electron chi connectivity index (χ3n) is 3.19. The predicted molar refractivity (Wildman–Crippen MR) is 78.2 cm³/mol. The molecular formula is C16H13FN2O2. The number of aromatic nitrogens is 1. The van der Waals surface area contributed by atoms with Crippen molar-refractivity contribution in [1.82, 2.24) is 4.98 Å². The van der Waals surface area contributed by atoms with Gasteiger partial charge in [0.2, 0.25) is 5.78 Å². The molecule has 0 aliphatic heterocycles. The van der Waals surface area contributed by atoms with E-state index < -0.39 is 0 Å². The van der Waals surface area contributed by atoms with Crippen LogP contribution in [0.2, 0.25) is 0 Å². The van der Waals surface area contributed by atoms with Crippen LogP contribution in [0.15, 0.2) is 46.9 Å². The molecular weight excluding hydrogens is 271 g/mol. The van der Waals surface area contributed by atoms with Gasteiger partial charge in [0.05, 0.1) is 0 Å². The lowest BCUT2D eigenvalue weighted by atomic mass is 10.1. The van der Waals surface area contributed by atoms with Gasteiger partial charge in [-0.05, 0) is 36.4 Å². The number of halogens is 1. The van der Waals surface area contributed by atoms with Crippen LogP contribution in [0.25, 0.3) is 11.1 Å². The normalized spacial score (nSPS) is 10.8. The number of oxazole rings is 1. The highest BCUT2D eigenvalue weighted by Crippen LogP contribution is 2.23. The largest absolute Gasteiger partial charge is 0.433 e. The van der Waals surface area contributed by atoms with E-state index >= 15 is 0 Å². The van der Waals surface area contributed by atoms with Crippen molar-refractivity contribution in [3.05, 3.63) is 59.7 Å². The Morgan fingerprint density at radius 3 is 2.52 bits per heavy atom. The van der Waals surface area contributed by atoms with Gasteiger partial charge in [-0.25, -0.2) is 9.37 Å². The lowest BCUT2D eigenvalue weighted by Crippen LogP contribution is -2.07. The molecule has 2 aromatic carbocycles. The molecule has 4 nitrogen and oxygen atoms in total. The number of hydrogen-bond donors (Lipinski definition) is 0. The van der Waals surface area contributed by atoms with Gasteiger partial charge < -0.3 is 9.32 Å². The summed E-state index contributed by atoms with van der Waals surface area (Å²) in [5, 5.41) is 0. The molecule has 0 fully saturated rings. The van der Waals surface area contributed by atoms with Crippen molar-refractivity contribution in [2.24, 2.45) is 0 Å². The molecule has 3 aromatic rings. The molecule has 0 bridgehead atoms. The average Bonchev–Trinajstić information content (AvgIpc) is 2.90. The van der Waals surface area contributed by atoms with Crippen molar-refractivity contribution < 1.29 is 13.6 Å². The number of rotatable bonds is 3. The summed E-state index contributed by atoms with van der Waals surface area (Å²) >= 11 is 0. The van der Waals surface area contributed by atoms with Gasteiger partial charge in [-0.3, -0.25) is 4.79 Å². The summed E-state index contributed by atoms with van der Waals surface area (Å²) in [6.45, 7) is 0. The number of nitrogens with zero attached hydrogens (tertiary/aromatic N) is 2. The highest BCUT2D eigenvalue weighted by atomic mass is 19.1. The number of carbonyl (C=O) groups is 1. The summed E-state index contributed by atoms with van der Waals surface area (Å²) in [6.07, 6.45) is 0. The van der Waals surface area contributed by atoms with Crippen molar-refractivity contribution in [2.45, 2.75) is 0 Å². The van der Waals surface area contributed by atoms with Crippen LogP contribution in [0.4, 0.5) is 10.1 Å². The first-order chi connectivity index (χ1) is 10.0. The van der Waals surface area contributed by atoms with Crippen LogP contribution >= 0.6 is 0 Å². The smallest absolute Gasteiger partial charge is 0.269 e. The highest BCUT2D eigenvalue weighted by Gasteiger charge is 2.17. The summed E-state index contributed by atoms with van der Waals surface area (Å²) < 4.78 is 18.4. The highest BCUT2D eigenvalue weighted by molar-refractivity contribution is 6.07. The van der Waals surface area contributed by atoms with E-state index in [1.807, 2.05) is 31.1 Å². The number of fused-ring (bicyclic) bond motifs is 1. The number of hydrogen-bond acceptors (Lipinski definition) is 4. The average molecular weight is 284 g/mol. The molecule has 3 rings (SSSR count). The monoisotopic (exact) mass is 284 g/mol. The summed E-state index contributed by atoms with van der Waals surface area (Å²) in [6, 6.07) is 10.8. The second-order valence-corrected chi connectivity index (χ2v) is 4.90. The van der Waals surface area contributed by atoms with Gasteiger partial charge in [0.25, 0.3) is 5.89 Å². The second kappa shape index (κ2) is 5.01. The van der Waals surface area contributed by atoms with Gasteiger partial charge in [-0.15, -0.1) is 0 Å². The van der Waals surface area contributed by atoms with E-state index in [1.165, 1.54) is 24.3 Å². The standard InChI is InChI=1S/C16H13FN2O2/c1-19(2)12-7-8-13-14(9-12)21-16(18-13)15(20)10-3-5-11(17)6-4-10/h3-9H,1-2H3. The van der Waals surface area contributed by atoms with Gasteiger partial charge in [-0.2, -0.15) is 0 Å². The molecule has 0 radical (unpaired) electrons. The van der Waals surface area contributed by atoms with Gasteiger partial charge in [-0.1, -0.05) is 0 Å². The predicted octanol–water partition coefficient (Wildman–Crippen LogP) is 3.26. The van der Waals surface area contributed by atoms with Gasteiger partial charge in [0, 0.05) is 31.4 Å². The van der Waals surface area contributed by atoms with Gasteiger partial charge in [0.1, 0.15) is 11.3 Å². The Hall–Kier alpha value is -2.69. The van der Waals surface area contributed by atoms with Crippen molar-refractivity contribution in [3.63, 3.8) is 0 Å². The van der Waals surface area contributed by atoms with Crippen molar-refractivity contribution in [1.29, 1.82) is 0 Å². The fourth-order valence-corrected chi connectivity index (χ4v) is 2.01. The van der Waals surface area contributed by atoms with Crippen LogP contribution in [0.1, 0.15) is 16.2 Å². The van der Waals surface area contributed by atoms with Gasteiger partial charge >= 0.3 is 0 Å². The van der Waals surface area contributed by atoms with Crippen LogP contribution in [0.3, 0.4) is 0 Å². The Labute approximate surface area is 120 Å². The SMILES string of the molecule is CN(C)c1ccc2nc(C(=O)c3ccc(F)cc3)oc2c1. The minimum absolute atomic E-state index is 0.00696. The fraction of sp³-hybridized carbons (Fsp3) is 0.125. The Balaban J connectivity index is 2.00. The van der Waals surface area contributed by atoms with E-state index in [0.717, 1.165) is 5.69 Å². The Bertz CT molecular complexity index is 807. The minimum Gasteiger partial charge on any atom is -0.433 e. The molecule has 0 amide bonds. The van der Waals surface area contributed by atoms with Crippen LogP contribution in [-0.4, -0.2) is 24.9 Å². The topological polar surface area (TPSA) is 46.3 Å². The molecule has 1 heterocycles. The molecule has 106 valence electrons. The first-order valence-electron chi connectivity index (χ1n) is 6.43. The lowest BCUT2D eigenvalue weighted by molar-refractivity contribution is 0.100. The molecule has 0 spiro atoms. The quantitative estimate of drug-likeness (QED) is 0.693. The zero-order chi connectivity index (χ0) is 15.0. The summed E-state index contributed by atoms with van der Waals surface area (Å²) in [7, 11) is 3.84. The van der Waals surface area contributed by atoms with Crippen LogP contribution < -0.4 is 4.90 Å². The zero-order valence-corrected chi connectivity index (χ0v) is 11.6. The van der Waals surface area contributed by atoms with Crippen molar-refractivity contribution in [3.8, 4) is 0 Å². The number of carbonyl (C=O) groups excluding carboxylic acids is 1. The number of ketones is 1. The first-order valence-corrected chi connectivity index (χ1v) is 6.43. The summed E-state index contributed by atoms with van der Waals surface area (Å²) in [5.41, 5.74) is 2.47. The van der Waals surface area contributed by atoms with E-state index in [2.05, 4.69) is 4.98 Å². The Kier molecular flexibility index (Phi) is 3.17. The summed E-state index contributed by atoms with van der Waals surface area (Å²) in [5.74, 6) is -0.746. The Morgan fingerprint density at radius 2 is 1.86 bits per heavy atom. The molecule has 5 heteroatoms. The van der Waals surface area contributed by atoms with E-state index in [-0.39, 0.29) is 17.5 Å². The first kappa shape index (κ1) is 13.3. The maximum absolute atomic E-state index is 12.9. The number of benzene rings is 2. The third-order valence-corrected chi connectivity index (χ3v) is 3.19. The Morgan fingerprint density at radius 1 is 1.14 bits per heavy atom. The van der Waals surface area contributed by atoms with Crippen LogP contribution in [-0.2, 0) is 0 Å². The van der Waals surface area contributed by atoms with E-state index in [4.69, 9.17) is 4.42 Å². The van der Waals surface area contributed by atoms with E-state index in [0.29, 0.717) is 16.7 Å². The maximum Gasteiger partial charge on any atom is 0.269 e. The van der Waals surface area contributed by atoms with Crippen LogP contribution in [0, 0.1) is 5.82 Å². The molecule has 21 heavy (non-hydrogen) atoms. The van der Waals surface area contributed by atoms with Crippen LogP contribution in [0.5, 0.6) is 0 Å². The maximum atomic E-state index is 12.9. The molecule has 0 atom stereocenters. The molecule has 0 saturated heterocycles. The molecule has 0 aliphatic rings. The second-order valence-electron chi connectivity index (χ2n) is 4.90. The van der Waals surface area contributed by atoms with E-state index in [9.17, 15) is 9.18 Å². The van der Waals surface area contributed by atoms with E-state index in [1.54, 1.807) is 6.07 Å². The zero-order valence-electron chi connectivity index (χ0n) is 11.6. The van der Waals surface area contributed by atoms with Crippen molar-refractivity contribution in [2.75, 3.05) is 19.0 Å². The van der Waals surface area contributed by atoms with Crippen molar-refractivity contribution >= 4 is 22.6 Å². The fourth-order valence-electron chi connectivity index (χ4n) is 2.01. The molecule has 0 unspecified atom stereocenters. The molecule has 0 aliphatic carbocycles. The lowest BCUT2D eigenvalue weighted by Gasteiger charge is -2.10. The molecule has 0 saturated carbocycles. The molecule has 1 aromatic heterocycles. The minimum atomic E-state index is -0.389.